The van der Waals surface area contributed by atoms with Gasteiger partial charge in [-0.25, -0.2) is 12.8 Å². The molecule has 0 unspecified atom stereocenters. The molecule has 8 nitrogen and oxygen atoms in total. The smallest absolute Gasteiger partial charge is 0.251 e. The van der Waals surface area contributed by atoms with Crippen LogP contribution in [0.15, 0.2) is 77.7 Å². The van der Waals surface area contributed by atoms with Crippen molar-refractivity contribution in [3.8, 4) is 11.8 Å². The summed E-state index contributed by atoms with van der Waals surface area (Å²) in [6.45, 7) is 3.94. The van der Waals surface area contributed by atoms with Crippen molar-refractivity contribution < 1.29 is 22.3 Å². The second kappa shape index (κ2) is 13.7. The molecule has 1 amide bonds. The lowest BCUT2D eigenvalue weighted by atomic mass is 10.0. The summed E-state index contributed by atoms with van der Waals surface area (Å²) in [5, 5.41) is 12.1. The lowest BCUT2D eigenvalue weighted by Gasteiger charge is -2.34. The zero-order valence-corrected chi connectivity index (χ0v) is 25.1. The van der Waals surface area contributed by atoms with Gasteiger partial charge < -0.3 is 10.1 Å². The normalized spacial score (nSPS) is 20.3. The highest BCUT2D eigenvalue weighted by Gasteiger charge is 2.31. The number of piperidine rings is 2. The van der Waals surface area contributed by atoms with E-state index < -0.39 is 22.1 Å². The molecule has 2 aliphatic heterocycles. The molecule has 0 aliphatic carbocycles. The molecule has 10 heteroatoms. The number of hydrogen-bond donors (Lipinski definition) is 1. The van der Waals surface area contributed by atoms with E-state index in [0.29, 0.717) is 36.4 Å². The molecule has 43 heavy (non-hydrogen) atoms. The highest BCUT2D eigenvalue weighted by molar-refractivity contribution is 7.90. The van der Waals surface area contributed by atoms with Gasteiger partial charge in [0.1, 0.15) is 18.0 Å². The number of benzene rings is 3. The molecule has 2 aliphatic rings. The van der Waals surface area contributed by atoms with E-state index in [1.54, 1.807) is 48.5 Å². The van der Waals surface area contributed by atoms with Gasteiger partial charge in [-0.05, 0) is 72.9 Å². The van der Waals surface area contributed by atoms with Gasteiger partial charge in [0.25, 0.3) is 5.91 Å². The predicted molar refractivity (Wildman–Crippen MR) is 162 cm³/mol. The number of likely N-dealkylation sites (tertiary alicyclic amines) is 2. The van der Waals surface area contributed by atoms with Gasteiger partial charge >= 0.3 is 0 Å². The van der Waals surface area contributed by atoms with Crippen LogP contribution in [0.4, 0.5) is 4.39 Å². The first kappa shape index (κ1) is 30.7. The molecule has 3 aromatic rings. The van der Waals surface area contributed by atoms with Crippen LogP contribution in [0.1, 0.15) is 46.3 Å². The van der Waals surface area contributed by atoms with E-state index in [-0.39, 0.29) is 23.4 Å². The number of rotatable bonds is 9. The second-order valence-corrected chi connectivity index (χ2v) is 13.5. The number of ether oxygens (including phenoxy) is 1. The van der Waals surface area contributed by atoms with Crippen molar-refractivity contribution in [3.05, 3.63) is 95.1 Å². The quantitative estimate of drug-likeness (QED) is 0.388. The second-order valence-electron chi connectivity index (χ2n) is 11.5. The van der Waals surface area contributed by atoms with E-state index in [9.17, 15) is 13.2 Å². The number of sulfone groups is 1. The Labute approximate surface area is 253 Å². The zero-order valence-electron chi connectivity index (χ0n) is 24.3. The highest BCUT2D eigenvalue weighted by Crippen LogP contribution is 2.24. The fraction of sp³-hybridized carbons (Fsp3) is 0.394. The summed E-state index contributed by atoms with van der Waals surface area (Å²) in [5.41, 5.74) is 3.24. The van der Waals surface area contributed by atoms with E-state index in [1.165, 1.54) is 11.8 Å². The number of nitrogens with zero attached hydrogens (tertiary/aromatic N) is 3. The molecule has 226 valence electrons. The number of carbonyl (C=O) groups excluding carboxylic acids is 1. The predicted octanol–water partition coefficient (Wildman–Crippen LogP) is 4.35. The molecule has 2 fully saturated rings. The molecule has 0 spiro atoms. The largest absolute Gasteiger partial charge is 0.487 e. The maximum atomic E-state index is 15.1. The Kier molecular flexibility index (Phi) is 9.76. The van der Waals surface area contributed by atoms with Crippen molar-refractivity contribution >= 4 is 15.7 Å². The third-order valence-electron chi connectivity index (χ3n) is 8.12. The molecule has 3 aromatic carbocycles. The van der Waals surface area contributed by atoms with Crippen LogP contribution in [0.5, 0.6) is 5.75 Å². The summed E-state index contributed by atoms with van der Waals surface area (Å²) in [5.74, 6) is 0.312. The van der Waals surface area contributed by atoms with Crippen LogP contribution in [0.3, 0.4) is 0 Å². The van der Waals surface area contributed by atoms with Gasteiger partial charge in [-0.1, -0.05) is 30.3 Å². The standard InChI is InChI=1S/C33H37FN4O4S/c1-43(40,41)30-11-9-26(10-12-30)22-38-18-15-32(31(34)23-38)42-29-4-2-3-27(19-29)33(39)36-28-13-16-37(17-14-28)21-25-7-5-24(20-35)6-8-25/h2-12,19,28,31-32H,13-18,21-23H2,1H3,(H,36,39)/t31-,32-/m1/s1. The monoisotopic (exact) mass is 604 g/mol. The highest BCUT2D eigenvalue weighted by atomic mass is 32.2. The first-order valence-electron chi connectivity index (χ1n) is 14.6. The SMILES string of the molecule is CS(=O)(=O)c1ccc(CN2CC[C@@H](Oc3cccc(C(=O)NC4CCN(Cc5ccc(C#N)cc5)CC4)c3)[C@H](F)C2)cc1. The molecule has 0 bridgehead atoms. The molecule has 1 N–H and O–H groups in total. The third kappa shape index (κ3) is 8.41. The van der Waals surface area contributed by atoms with Gasteiger partial charge in [0, 0.05) is 57.1 Å². The number of carbonyl (C=O) groups is 1. The number of amides is 1. The summed E-state index contributed by atoms with van der Waals surface area (Å²) in [7, 11) is -3.25. The van der Waals surface area contributed by atoms with Gasteiger partial charge in [0.15, 0.2) is 9.84 Å². The van der Waals surface area contributed by atoms with Crippen LogP contribution in [0.2, 0.25) is 0 Å². The molecule has 2 saturated heterocycles. The topological polar surface area (TPSA) is 103 Å². The van der Waals surface area contributed by atoms with Gasteiger partial charge in [-0.15, -0.1) is 0 Å². The summed E-state index contributed by atoms with van der Waals surface area (Å²) in [4.78, 5) is 17.6. The Morgan fingerprint density at radius 1 is 0.953 bits per heavy atom. The summed E-state index contributed by atoms with van der Waals surface area (Å²) >= 11 is 0. The summed E-state index contributed by atoms with van der Waals surface area (Å²) in [6.07, 6.45) is 1.57. The van der Waals surface area contributed by atoms with Crippen LogP contribution in [0.25, 0.3) is 0 Å². The van der Waals surface area contributed by atoms with Crippen molar-refractivity contribution in [2.24, 2.45) is 0 Å². The Balaban J connectivity index is 1.07. The van der Waals surface area contributed by atoms with E-state index in [4.69, 9.17) is 10.00 Å². The molecular formula is C33H37FN4O4S. The number of halogens is 1. The zero-order chi connectivity index (χ0) is 30.4. The number of nitriles is 1. The number of hydrogen-bond acceptors (Lipinski definition) is 7. The molecule has 0 saturated carbocycles. The first-order chi connectivity index (χ1) is 20.7. The lowest BCUT2D eigenvalue weighted by Crippen LogP contribution is -2.46. The summed E-state index contributed by atoms with van der Waals surface area (Å²) in [6, 6.07) is 23.5. The van der Waals surface area contributed by atoms with Crippen molar-refractivity contribution in [1.82, 2.24) is 15.1 Å². The van der Waals surface area contributed by atoms with E-state index in [0.717, 1.165) is 38.0 Å². The van der Waals surface area contributed by atoms with E-state index in [2.05, 4.69) is 16.3 Å². The maximum absolute atomic E-state index is 15.1. The molecular weight excluding hydrogens is 567 g/mol. The lowest BCUT2D eigenvalue weighted by molar-refractivity contribution is 0.0190. The average molecular weight is 605 g/mol. The number of alkyl halides is 1. The molecule has 0 aromatic heterocycles. The minimum atomic E-state index is -3.25. The fourth-order valence-electron chi connectivity index (χ4n) is 5.66. The first-order valence-corrected chi connectivity index (χ1v) is 16.5. The van der Waals surface area contributed by atoms with E-state index >= 15 is 4.39 Å². The van der Waals surface area contributed by atoms with Gasteiger partial charge in [0.2, 0.25) is 0 Å². The Morgan fingerprint density at radius 2 is 1.58 bits per heavy atom. The van der Waals surface area contributed by atoms with Crippen molar-refractivity contribution in [2.75, 3.05) is 32.4 Å². The summed E-state index contributed by atoms with van der Waals surface area (Å²) < 4.78 is 44.5. The molecule has 0 radical (unpaired) electrons. The Morgan fingerprint density at radius 3 is 2.21 bits per heavy atom. The van der Waals surface area contributed by atoms with Crippen molar-refractivity contribution in [2.45, 2.75) is 55.6 Å². The van der Waals surface area contributed by atoms with Crippen LogP contribution in [0, 0.1) is 11.3 Å². The van der Waals surface area contributed by atoms with Crippen LogP contribution in [-0.4, -0.2) is 74.9 Å². The molecule has 5 rings (SSSR count). The van der Waals surface area contributed by atoms with Crippen LogP contribution >= 0.6 is 0 Å². The minimum absolute atomic E-state index is 0.0800. The van der Waals surface area contributed by atoms with Gasteiger partial charge in [-0.2, -0.15) is 5.26 Å². The minimum Gasteiger partial charge on any atom is -0.487 e. The van der Waals surface area contributed by atoms with Crippen LogP contribution in [-0.2, 0) is 22.9 Å². The Bertz CT molecular complexity index is 1550. The number of nitrogens with one attached hydrogen (secondary N) is 1. The van der Waals surface area contributed by atoms with Crippen molar-refractivity contribution in [1.29, 1.82) is 5.26 Å². The third-order valence-corrected chi connectivity index (χ3v) is 9.25. The van der Waals surface area contributed by atoms with Crippen molar-refractivity contribution in [3.63, 3.8) is 0 Å². The van der Waals surface area contributed by atoms with Gasteiger partial charge in [-0.3, -0.25) is 14.6 Å². The van der Waals surface area contributed by atoms with Gasteiger partial charge in [0.05, 0.1) is 16.5 Å². The molecule has 2 heterocycles. The molecule has 2 atom stereocenters. The maximum Gasteiger partial charge on any atom is 0.251 e. The Hall–Kier alpha value is -3.78. The average Bonchev–Trinajstić information content (AvgIpc) is 3.00. The van der Waals surface area contributed by atoms with Crippen LogP contribution < -0.4 is 10.1 Å². The fourth-order valence-corrected chi connectivity index (χ4v) is 6.29. The van der Waals surface area contributed by atoms with E-state index in [1.807, 2.05) is 29.2 Å².